The van der Waals surface area contributed by atoms with Gasteiger partial charge in [0, 0.05) is 23.7 Å². The molecule has 3 aromatic heterocycles. The van der Waals surface area contributed by atoms with Crippen molar-refractivity contribution in [2.75, 3.05) is 0 Å². The summed E-state index contributed by atoms with van der Waals surface area (Å²) in [6.45, 7) is 1.04. The van der Waals surface area contributed by atoms with Gasteiger partial charge in [0.05, 0.1) is 6.54 Å². The zero-order chi connectivity index (χ0) is 28.5. The van der Waals surface area contributed by atoms with Crippen molar-refractivity contribution in [1.82, 2.24) is 34.1 Å². The van der Waals surface area contributed by atoms with Gasteiger partial charge in [-0.2, -0.15) is 17.9 Å². The van der Waals surface area contributed by atoms with Crippen LogP contribution < -0.4 is 5.69 Å². The molecule has 4 rings (SSSR count). The molecule has 2 atom stereocenters. The fourth-order valence-electron chi connectivity index (χ4n) is 3.62. The first kappa shape index (κ1) is 27.9. The zero-order valence-corrected chi connectivity index (χ0v) is 21.1. The highest BCUT2D eigenvalue weighted by Crippen LogP contribution is 2.25. The van der Waals surface area contributed by atoms with Crippen LogP contribution in [0.2, 0.25) is 5.02 Å². The highest BCUT2D eigenvalue weighted by Gasteiger charge is 2.39. The van der Waals surface area contributed by atoms with Crippen molar-refractivity contribution < 1.29 is 32.2 Å². The van der Waals surface area contributed by atoms with Crippen molar-refractivity contribution >= 4 is 17.6 Å². The molecule has 0 saturated carbocycles. The fourth-order valence-corrected chi connectivity index (χ4v) is 3.75. The first-order chi connectivity index (χ1) is 18.3. The third kappa shape index (κ3) is 6.15. The molecular formula is C23H20ClF4N7O4. The normalized spacial score (nSPS) is 13.3. The number of hydrogen-bond donors (Lipinski definition) is 1. The summed E-state index contributed by atoms with van der Waals surface area (Å²) in [6.07, 6.45) is -7.55. The number of halogens is 5. The van der Waals surface area contributed by atoms with E-state index in [9.17, 15) is 32.3 Å². The van der Waals surface area contributed by atoms with Gasteiger partial charge in [0.25, 0.3) is 0 Å². The Morgan fingerprint density at radius 2 is 1.87 bits per heavy atom. The van der Waals surface area contributed by atoms with Gasteiger partial charge in [-0.3, -0.25) is 9.36 Å². The maximum absolute atomic E-state index is 14.5. The van der Waals surface area contributed by atoms with Gasteiger partial charge in [0.1, 0.15) is 6.54 Å². The summed E-state index contributed by atoms with van der Waals surface area (Å²) >= 11 is 5.90. The molecule has 0 radical (unpaired) electrons. The number of esters is 1. The van der Waals surface area contributed by atoms with E-state index < -0.39 is 49.0 Å². The lowest BCUT2D eigenvalue weighted by Crippen LogP contribution is -2.37. The number of carbonyl (C=O) groups excluding carboxylic acids is 1. The van der Waals surface area contributed by atoms with Gasteiger partial charge in [-0.15, -0.1) is 10.2 Å². The second-order valence-electron chi connectivity index (χ2n) is 8.30. The zero-order valence-electron chi connectivity index (χ0n) is 20.3. The Hall–Kier alpha value is -4.11. The van der Waals surface area contributed by atoms with Gasteiger partial charge >= 0.3 is 17.8 Å². The number of nitrogens with zero attached hydrogens (tertiary/aromatic N) is 7. The smallest absolute Gasteiger partial charge is 0.416 e. The van der Waals surface area contributed by atoms with Crippen molar-refractivity contribution in [2.24, 2.45) is 0 Å². The van der Waals surface area contributed by atoms with E-state index in [4.69, 9.17) is 16.3 Å². The predicted molar refractivity (Wildman–Crippen MR) is 127 cm³/mol. The molecule has 206 valence electrons. The highest BCUT2D eigenvalue weighted by molar-refractivity contribution is 6.30. The summed E-state index contributed by atoms with van der Waals surface area (Å²) in [5.41, 5.74) is -0.749. The van der Waals surface area contributed by atoms with E-state index in [0.717, 1.165) is 15.4 Å². The summed E-state index contributed by atoms with van der Waals surface area (Å²) in [5.74, 6) is -2.00. The van der Waals surface area contributed by atoms with E-state index in [1.165, 1.54) is 50.4 Å². The van der Waals surface area contributed by atoms with Gasteiger partial charge in [-0.1, -0.05) is 11.6 Å². The van der Waals surface area contributed by atoms with E-state index in [0.29, 0.717) is 9.59 Å². The van der Waals surface area contributed by atoms with Gasteiger partial charge in [-0.25, -0.2) is 23.8 Å². The SMILES string of the molecule is CC(=O)OC(C)c1nc(Cn2nc(-c3ccc(Cl)cc3)n(CC(O)C(F)(F)F)c2=O)nn1-c1ncccc1F. The maximum atomic E-state index is 14.5. The number of aromatic nitrogens is 7. The molecule has 0 saturated heterocycles. The molecule has 0 amide bonds. The summed E-state index contributed by atoms with van der Waals surface area (Å²) in [5, 5.41) is 18.3. The van der Waals surface area contributed by atoms with Gasteiger partial charge in [-0.05, 0) is 43.3 Å². The van der Waals surface area contributed by atoms with Crippen molar-refractivity contribution in [1.29, 1.82) is 0 Å². The molecule has 16 heteroatoms. The monoisotopic (exact) mass is 569 g/mol. The minimum Gasteiger partial charge on any atom is -0.455 e. The summed E-state index contributed by atoms with van der Waals surface area (Å²) in [7, 11) is 0. The predicted octanol–water partition coefficient (Wildman–Crippen LogP) is 3.08. The molecule has 1 N–H and O–H groups in total. The van der Waals surface area contributed by atoms with Crippen molar-refractivity contribution in [3.63, 3.8) is 0 Å². The van der Waals surface area contributed by atoms with Crippen LogP contribution in [0.4, 0.5) is 17.6 Å². The van der Waals surface area contributed by atoms with Gasteiger partial charge in [0.2, 0.25) is 0 Å². The number of carbonyl (C=O) groups is 1. The Morgan fingerprint density at radius 3 is 2.49 bits per heavy atom. The first-order valence-corrected chi connectivity index (χ1v) is 11.6. The number of ether oxygens (including phenoxy) is 1. The Balaban J connectivity index is 1.79. The quantitative estimate of drug-likeness (QED) is 0.253. The van der Waals surface area contributed by atoms with E-state index in [1.807, 2.05) is 0 Å². The van der Waals surface area contributed by atoms with Gasteiger partial charge in [0.15, 0.2) is 41.3 Å². The average Bonchev–Trinajstić information content (AvgIpc) is 3.41. The number of aliphatic hydroxyl groups is 1. The fraction of sp³-hybridized carbons (Fsp3) is 0.304. The number of rotatable bonds is 8. The number of benzene rings is 1. The van der Waals surface area contributed by atoms with Crippen LogP contribution in [0.15, 0.2) is 47.4 Å². The molecule has 39 heavy (non-hydrogen) atoms. The van der Waals surface area contributed by atoms with Crippen LogP contribution in [0, 0.1) is 5.82 Å². The van der Waals surface area contributed by atoms with E-state index >= 15 is 0 Å². The topological polar surface area (TPSA) is 130 Å². The number of pyridine rings is 1. The lowest BCUT2D eigenvalue weighted by Gasteiger charge is -2.15. The second-order valence-corrected chi connectivity index (χ2v) is 8.73. The third-order valence-electron chi connectivity index (χ3n) is 5.37. The van der Waals surface area contributed by atoms with Crippen LogP contribution in [-0.2, 0) is 22.6 Å². The van der Waals surface area contributed by atoms with Crippen molar-refractivity contribution in [3.8, 4) is 17.2 Å². The minimum atomic E-state index is -4.99. The molecule has 0 aliphatic carbocycles. The van der Waals surface area contributed by atoms with E-state index in [1.54, 1.807) is 0 Å². The van der Waals surface area contributed by atoms with Crippen LogP contribution in [-0.4, -0.2) is 57.5 Å². The summed E-state index contributed by atoms with van der Waals surface area (Å²) < 4.78 is 61.4. The Labute approximate surface area is 222 Å². The van der Waals surface area contributed by atoms with Gasteiger partial charge < -0.3 is 9.84 Å². The molecular weight excluding hydrogens is 550 g/mol. The first-order valence-electron chi connectivity index (χ1n) is 11.3. The lowest BCUT2D eigenvalue weighted by molar-refractivity contribution is -0.207. The molecule has 0 spiro atoms. The molecule has 0 bridgehead atoms. The van der Waals surface area contributed by atoms with Crippen LogP contribution in [0.25, 0.3) is 17.2 Å². The van der Waals surface area contributed by atoms with Crippen LogP contribution in [0.3, 0.4) is 0 Å². The van der Waals surface area contributed by atoms with Crippen molar-refractivity contribution in [2.45, 2.75) is 45.3 Å². The largest absolute Gasteiger partial charge is 0.455 e. The number of alkyl halides is 3. The molecule has 2 unspecified atom stereocenters. The van der Waals surface area contributed by atoms with Crippen LogP contribution >= 0.6 is 11.6 Å². The second kappa shape index (κ2) is 10.9. The van der Waals surface area contributed by atoms with Crippen LogP contribution in [0.1, 0.15) is 31.6 Å². The molecule has 3 heterocycles. The lowest BCUT2D eigenvalue weighted by atomic mass is 10.2. The summed E-state index contributed by atoms with van der Waals surface area (Å²) in [4.78, 5) is 32.8. The number of hydrogen-bond acceptors (Lipinski definition) is 8. The number of aliphatic hydroxyl groups excluding tert-OH is 1. The molecule has 0 aliphatic rings. The van der Waals surface area contributed by atoms with Crippen LogP contribution in [0.5, 0.6) is 0 Å². The van der Waals surface area contributed by atoms with E-state index in [2.05, 4.69) is 20.2 Å². The maximum Gasteiger partial charge on any atom is 0.416 e. The van der Waals surface area contributed by atoms with Crippen molar-refractivity contribution in [3.05, 3.63) is 75.6 Å². The molecule has 0 aliphatic heterocycles. The standard InChI is InChI=1S/C23H20ClF4N7O4/c1-12(39-13(2)36)19-30-18(31-35(19)21-16(25)4-3-9-29-21)11-34-22(38)33(10-17(37)23(26,27)28)20(32-34)14-5-7-15(24)8-6-14/h3-9,12,17,37H,10-11H2,1-2H3. The molecule has 4 aromatic rings. The Kier molecular flexibility index (Phi) is 7.83. The molecule has 0 fully saturated rings. The molecule has 1 aromatic carbocycles. The Morgan fingerprint density at radius 1 is 1.18 bits per heavy atom. The third-order valence-corrected chi connectivity index (χ3v) is 5.62. The summed E-state index contributed by atoms with van der Waals surface area (Å²) in [6, 6.07) is 8.28. The average molecular weight is 570 g/mol. The molecule has 11 nitrogen and oxygen atoms in total. The minimum absolute atomic E-state index is 0.0318. The Bertz CT molecular complexity index is 1550. The van der Waals surface area contributed by atoms with E-state index in [-0.39, 0.29) is 28.9 Å². The highest BCUT2D eigenvalue weighted by atomic mass is 35.5.